The van der Waals surface area contributed by atoms with Gasteiger partial charge in [0.1, 0.15) is 0 Å². The second kappa shape index (κ2) is 2.77. The Kier molecular flexibility index (Phi) is 1.75. The van der Waals surface area contributed by atoms with Gasteiger partial charge in [0.2, 0.25) is 0 Å². The first kappa shape index (κ1) is 7.58. The molecule has 12 heavy (non-hydrogen) atoms. The van der Waals surface area contributed by atoms with Gasteiger partial charge in [-0.1, -0.05) is 11.6 Å². The topological polar surface area (TPSA) is 48.0 Å². The number of nitrogens with zero attached hydrogens (tertiary/aromatic N) is 2. The molecule has 0 amide bonds. The van der Waals surface area contributed by atoms with Gasteiger partial charge in [-0.2, -0.15) is 0 Å². The number of fused-ring (bicyclic) bond motifs is 1. The van der Waals surface area contributed by atoms with E-state index in [9.17, 15) is 4.79 Å². The SMILES string of the molecule is C[C@H]1CCCCc2noc(=O)n21. The molecule has 0 radical (unpaired) electrons. The highest BCUT2D eigenvalue weighted by atomic mass is 16.5. The van der Waals surface area contributed by atoms with Crippen molar-refractivity contribution in [3.8, 4) is 0 Å². The molecule has 0 N–H and O–H groups in total. The molecule has 0 unspecified atom stereocenters. The zero-order valence-electron chi connectivity index (χ0n) is 7.12. The van der Waals surface area contributed by atoms with Crippen LogP contribution >= 0.6 is 0 Å². The van der Waals surface area contributed by atoms with Crippen molar-refractivity contribution in [2.24, 2.45) is 0 Å². The van der Waals surface area contributed by atoms with Crippen molar-refractivity contribution in [2.45, 2.75) is 38.6 Å². The van der Waals surface area contributed by atoms with Crippen LogP contribution in [-0.4, -0.2) is 9.72 Å². The first-order valence-electron chi connectivity index (χ1n) is 4.36. The van der Waals surface area contributed by atoms with Crippen LogP contribution in [-0.2, 0) is 6.42 Å². The predicted molar refractivity (Wildman–Crippen MR) is 43.0 cm³/mol. The van der Waals surface area contributed by atoms with Crippen molar-refractivity contribution in [1.29, 1.82) is 0 Å². The average Bonchev–Trinajstić information content (AvgIpc) is 2.29. The van der Waals surface area contributed by atoms with Crippen LogP contribution in [0.2, 0.25) is 0 Å². The molecule has 66 valence electrons. The van der Waals surface area contributed by atoms with E-state index in [1.54, 1.807) is 4.57 Å². The number of hydrogen-bond donors (Lipinski definition) is 0. The van der Waals surface area contributed by atoms with Crippen LogP contribution in [0, 0.1) is 0 Å². The maximum absolute atomic E-state index is 11.2. The molecule has 2 heterocycles. The van der Waals surface area contributed by atoms with Crippen LogP contribution in [0.3, 0.4) is 0 Å². The van der Waals surface area contributed by atoms with E-state index in [4.69, 9.17) is 0 Å². The number of aromatic nitrogens is 2. The minimum absolute atomic E-state index is 0.251. The minimum atomic E-state index is -0.306. The largest absolute Gasteiger partial charge is 0.441 e. The second-order valence-corrected chi connectivity index (χ2v) is 3.33. The molecule has 1 aliphatic rings. The van der Waals surface area contributed by atoms with Crippen LogP contribution in [0.4, 0.5) is 0 Å². The fourth-order valence-electron chi connectivity index (χ4n) is 1.74. The Hall–Kier alpha value is -1.06. The molecule has 4 nitrogen and oxygen atoms in total. The third-order valence-electron chi connectivity index (χ3n) is 2.42. The van der Waals surface area contributed by atoms with Gasteiger partial charge in [0, 0.05) is 12.5 Å². The highest BCUT2D eigenvalue weighted by Crippen LogP contribution is 2.19. The van der Waals surface area contributed by atoms with Gasteiger partial charge in [-0.3, -0.25) is 9.09 Å². The zero-order valence-corrected chi connectivity index (χ0v) is 7.12. The van der Waals surface area contributed by atoms with E-state index in [-0.39, 0.29) is 11.8 Å². The van der Waals surface area contributed by atoms with Gasteiger partial charge >= 0.3 is 5.76 Å². The van der Waals surface area contributed by atoms with E-state index in [2.05, 4.69) is 9.68 Å². The summed E-state index contributed by atoms with van der Waals surface area (Å²) in [5.41, 5.74) is 0. The summed E-state index contributed by atoms with van der Waals surface area (Å²) in [6.45, 7) is 2.04. The normalized spacial score (nSPS) is 23.2. The van der Waals surface area contributed by atoms with E-state index in [1.165, 1.54) is 6.42 Å². The lowest BCUT2D eigenvalue weighted by Crippen LogP contribution is -2.19. The molecule has 0 aromatic carbocycles. The van der Waals surface area contributed by atoms with Gasteiger partial charge in [-0.25, -0.2) is 4.79 Å². The molecule has 2 rings (SSSR count). The summed E-state index contributed by atoms with van der Waals surface area (Å²) >= 11 is 0. The minimum Gasteiger partial charge on any atom is -0.296 e. The highest BCUT2D eigenvalue weighted by Gasteiger charge is 2.18. The number of hydrogen-bond acceptors (Lipinski definition) is 3. The van der Waals surface area contributed by atoms with Gasteiger partial charge in [-0.05, 0) is 19.8 Å². The Balaban J connectivity index is 2.49. The Labute approximate surface area is 70.2 Å². The van der Waals surface area contributed by atoms with Crippen LogP contribution in [0.15, 0.2) is 9.32 Å². The smallest absolute Gasteiger partial charge is 0.296 e. The fraction of sp³-hybridized carbons (Fsp3) is 0.750. The molecule has 0 bridgehead atoms. The van der Waals surface area contributed by atoms with Crippen molar-refractivity contribution in [3.05, 3.63) is 16.4 Å². The molecule has 0 saturated carbocycles. The third-order valence-corrected chi connectivity index (χ3v) is 2.42. The zero-order chi connectivity index (χ0) is 8.55. The van der Waals surface area contributed by atoms with E-state index in [0.29, 0.717) is 0 Å². The summed E-state index contributed by atoms with van der Waals surface area (Å²) in [4.78, 5) is 11.2. The maximum Gasteiger partial charge on any atom is 0.441 e. The van der Waals surface area contributed by atoms with Crippen molar-refractivity contribution in [1.82, 2.24) is 9.72 Å². The summed E-state index contributed by atoms with van der Waals surface area (Å²) in [6, 6.07) is 0.251. The molecule has 1 aliphatic heterocycles. The predicted octanol–water partition coefficient (Wildman–Crippen LogP) is 1.12. The quantitative estimate of drug-likeness (QED) is 0.583. The lowest BCUT2D eigenvalue weighted by Gasteiger charge is -2.07. The molecule has 1 aromatic rings. The summed E-state index contributed by atoms with van der Waals surface area (Å²) in [5.74, 6) is 0.504. The monoisotopic (exact) mass is 168 g/mol. The van der Waals surface area contributed by atoms with E-state index in [0.717, 1.165) is 25.1 Å². The molecule has 0 saturated heterocycles. The standard InChI is InChI=1S/C8H12N2O2/c1-6-4-2-3-5-7-9-12-8(11)10(6)7/h6H,2-5H2,1H3/t6-/m0/s1. The van der Waals surface area contributed by atoms with Gasteiger partial charge in [0.05, 0.1) is 0 Å². The van der Waals surface area contributed by atoms with Crippen molar-refractivity contribution < 1.29 is 4.52 Å². The van der Waals surface area contributed by atoms with Crippen LogP contribution in [0.5, 0.6) is 0 Å². The highest BCUT2D eigenvalue weighted by molar-refractivity contribution is 4.89. The molecule has 0 spiro atoms. The summed E-state index contributed by atoms with van der Waals surface area (Å²) in [5, 5.41) is 3.74. The first-order valence-corrected chi connectivity index (χ1v) is 4.36. The van der Waals surface area contributed by atoms with E-state index >= 15 is 0 Å². The van der Waals surface area contributed by atoms with E-state index in [1.807, 2.05) is 6.92 Å². The lowest BCUT2D eigenvalue weighted by molar-refractivity contribution is 0.358. The van der Waals surface area contributed by atoms with Crippen LogP contribution < -0.4 is 5.76 Å². The van der Waals surface area contributed by atoms with Crippen molar-refractivity contribution in [2.75, 3.05) is 0 Å². The summed E-state index contributed by atoms with van der Waals surface area (Å²) < 4.78 is 6.27. The summed E-state index contributed by atoms with van der Waals surface area (Å²) in [6.07, 6.45) is 4.20. The molecule has 1 aromatic heterocycles. The van der Waals surface area contributed by atoms with Gasteiger partial charge in [-0.15, -0.1) is 0 Å². The Bertz CT molecular complexity index is 326. The number of aryl methyl sites for hydroxylation is 1. The van der Waals surface area contributed by atoms with Gasteiger partial charge in [0.15, 0.2) is 5.82 Å². The Morgan fingerprint density at radius 2 is 2.42 bits per heavy atom. The van der Waals surface area contributed by atoms with Gasteiger partial charge in [0.25, 0.3) is 0 Å². The van der Waals surface area contributed by atoms with E-state index < -0.39 is 0 Å². The molecular formula is C8H12N2O2. The van der Waals surface area contributed by atoms with Crippen molar-refractivity contribution in [3.63, 3.8) is 0 Å². The van der Waals surface area contributed by atoms with Crippen molar-refractivity contribution >= 4 is 0 Å². The molecule has 1 atom stereocenters. The molecule has 0 fully saturated rings. The van der Waals surface area contributed by atoms with Crippen LogP contribution in [0.25, 0.3) is 0 Å². The summed E-state index contributed by atoms with van der Waals surface area (Å²) in [7, 11) is 0. The first-order chi connectivity index (χ1) is 5.79. The second-order valence-electron chi connectivity index (χ2n) is 3.33. The Morgan fingerprint density at radius 1 is 1.58 bits per heavy atom. The maximum atomic E-state index is 11.2. The average molecular weight is 168 g/mol. The molecular weight excluding hydrogens is 156 g/mol. The fourth-order valence-corrected chi connectivity index (χ4v) is 1.74. The van der Waals surface area contributed by atoms with Crippen LogP contribution in [0.1, 0.15) is 38.1 Å². The lowest BCUT2D eigenvalue weighted by atomic mass is 10.1. The third kappa shape index (κ3) is 1.07. The molecule has 4 heteroatoms. The Morgan fingerprint density at radius 3 is 3.25 bits per heavy atom. The number of rotatable bonds is 0. The van der Waals surface area contributed by atoms with Gasteiger partial charge < -0.3 is 0 Å². The molecule has 0 aliphatic carbocycles.